The van der Waals surface area contributed by atoms with E-state index in [1.807, 2.05) is 17.8 Å². The van der Waals surface area contributed by atoms with Gasteiger partial charge in [0.25, 0.3) is 0 Å². The number of nitrogens with two attached hydrogens (primary N) is 1. The molecule has 4 rings (SSSR count). The molecule has 2 N–H and O–H groups in total. The van der Waals surface area contributed by atoms with Crippen molar-refractivity contribution in [2.45, 2.75) is 29.4 Å². The Hall–Kier alpha value is -1.61. The summed E-state index contributed by atoms with van der Waals surface area (Å²) in [6.07, 6.45) is 3.63. The maximum absolute atomic E-state index is 5.99. The van der Waals surface area contributed by atoms with Gasteiger partial charge in [-0.1, -0.05) is 24.3 Å². The third kappa shape index (κ3) is 2.51. The molecule has 3 heteroatoms. The fraction of sp³-hybridized carbons (Fsp3) is 0.333. The average Bonchev–Trinajstić information content (AvgIpc) is 2.90. The number of benzene rings is 2. The van der Waals surface area contributed by atoms with Crippen LogP contribution in [0.15, 0.2) is 47.4 Å². The Morgan fingerprint density at radius 1 is 1.14 bits per heavy atom. The molecule has 108 valence electrons. The Bertz CT molecular complexity index is 643. The molecule has 0 aromatic heterocycles. The van der Waals surface area contributed by atoms with Crippen LogP contribution in [0.4, 0.5) is 11.4 Å². The first-order valence-corrected chi connectivity index (χ1v) is 8.55. The van der Waals surface area contributed by atoms with Gasteiger partial charge in [-0.05, 0) is 48.6 Å². The summed E-state index contributed by atoms with van der Waals surface area (Å²) in [6.45, 7) is 2.28. The first-order valence-electron chi connectivity index (χ1n) is 7.67. The van der Waals surface area contributed by atoms with Crippen molar-refractivity contribution in [2.75, 3.05) is 23.7 Å². The van der Waals surface area contributed by atoms with Crippen LogP contribution in [0.2, 0.25) is 0 Å². The molecule has 2 nitrogen and oxygen atoms in total. The van der Waals surface area contributed by atoms with Crippen molar-refractivity contribution in [3.8, 4) is 0 Å². The van der Waals surface area contributed by atoms with Gasteiger partial charge in [-0.3, -0.25) is 0 Å². The Balaban J connectivity index is 1.54. The van der Waals surface area contributed by atoms with Gasteiger partial charge in [0.15, 0.2) is 0 Å². The van der Waals surface area contributed by atoms with Crippen molar-refractivity contribution in [1.29, 1.82) is 0 Å². The highest BCUT2D eigenvalue weighted by molar-refractivity contribution is 8.00. The summed E-state index contributed by atoms with van der Waals surface area (Å²) in [5, 5.41) is 0.662. The van der Waals surface area contributed by atoms with Crippen molar-refractivity contribution in [3.05, 3.63) is 53.6 Å². The lowest BCUT2D eigenvalue weighted by atomic mass is 10.0. The van der Waals surface area contributed by atoms with E-state index in [1.54, 1.807) is 0 Å². The van der Waals surface area contributed by atoms with Crippen LogP contribution in [-0.4, -0.2) is 18.3 Å². The zero-order valence-corrected chi connectivity index (χ0v) is 12.9. The van der Waals surface area contributed by atoms with Crippen LogP contribution in [0.5, 0.6) is 0 Å². The zero-order valence-electron chi connectivity index (χ0n) is 12.1. The second kappa shape index (κ2) is 5.30. The summed E-state index contributed by atoms with van der Waals surface area (Å²) in [6, 6.07) is 15.2. The highest BCUT2D eigenvalue weighted by Crippen LogP contribution is 2.38. The number of thioether (sulfide) groups is 1. The largest absolute Gasteiger partial charge is 0.399 e. The third-order valence-electron chi connectivity index (χ3n) is 4.46. The summed E-state index contributed by atoms with van der Waals surface area (Å²) in [5.41, 5.74) is 11.2. The maximum Gasteiger partial charge on any atom is 0.0419 e. The number of fused-ring (bicyclic) bond motifs is 2. The molecule has 2 aromatic carbocycles. The molecule has 2 heterocycles. The molecule has 0 fully saturated rings. The summed E-state index contributed by atoms with van der Waals surface area (Å²) in [4.78, 5) is 4.01. The summed E-state index contributed by atoms with van der Waals surface area (Å²) >= 11 is 2.04. The number of hydrogen-bond donors (Lipinski definition) is 1. The van der Waals surface area contributed by atoms with Crippen LogP contribution in [0.3, 0.4) is 0 Å². The lowest BCUT2D eigenvalue weighted by molar-refractivity contribution is 0.675. The van der Waals surface area contributed by atoms with Gasteiger partial charge >= 0.3 is 0 Å². The lowest BCUT2D eigenvalue weighted by Gasteiger charge is -2.33. The molecule has 21 heavy (non-hydrogen) atoms. The van der Waals surface area contributed by atoms with Gasteiger partial charge in [-0.25, -0.2) is 0 Å². The number of rotatable bonds is 2. The standard InChI is InChI=1S/C18H20N2S/c19-15-8-7-13-5-3-9-20(17(13)11-15)12-16-10-14-4-1-2-6-18(14)21-16/h1-2,4,6-8,11,16H,3,5,9-10,12,19H2. The van der Waals surface area contributed by atoms with Gasteiger partial charge in [-0.15, -0.1) is 11.8 Å². The quantitative estimate of drug-likeness (QED) is 0.856. The van der Waals surface area contributed by atoms with E-state index >= 15 is 0 Å². The first kappa shape index (κ1) is 13.1. The van der Waals surface area contributed by atoms with E-state index in [-0.39, 0.29) is 0 Å². The number of nitrogen functional groups attached to an aromatic ring is 1. The van der Waals surface area contributed by atoms with Gasteiger partial charge in [0, 0.05) is 34.6 Å². The van der Waals surface area contributed by atoms with Crippen LogP contribution in [-0.2, 0) is 12.8 Å². The minimum absolute atomic E-state index is 0.662. The summed E-state index contributed by atoms with van der Waals surface area (Å²) < 4.78 is 0. The normalized spacial score (nSPS) is 20.2. The Labute approximate surface area is 130 Å². The van der Waals surface area contributed by atoms with E-state index in [0.29, 0.717) is 5.25 Å². The predicted octanol–water partition coefficient (Wildman–Crippen LogP) is 3.74. The molecule has 1 atom stereocenters. The number of hydrogen-bond acceptors (Lipinski definition) is 3. The van der Waals surface area contributed by atoms with Crippen LogP contribution in [0.1, 0.15) is 17.5 Å². The molecular formula is C18H20N2S. The maximum atomic E-state index is 5.99. The third-order valence-corrected chi connectivity index (χ3v) is 5.76. The molecule has 1 unspecified atom stereocenters. The molecule has 0 spiro atoms. The van der Waals surface area contributed by atoms with E-state index in [1.165, 1.54) is 41.0 Å². The average molecular weight is 296 g/mol. The van der Waals surface area contributed by atoms with Crippen LogP contribution < -0.4 is 10.6 Å². The monoisotopic (exact) mass is 296 g/mol. The van der Waals surface area contributed by atoms with Gasteiger partial charge < -0.3 is 10.6 Å². The zero-order chi connectivity index (χ0) is 14.2. The van der Waals surface area contributed by atoms with E-state index < -0.39 is 0 Å². The summed E-state index contributed by atoms with van der Waals surface area (Å²) in [5.74, 6) is 0. The SMILES string of the molecule is Nc1ccc2c(c1)N(CC1Cc3ccccc3S1)CCC2. The molecule has 0 radical (unpaired) electrons. The van der Waals surface area contributed by atoms with Gasteiger partial charge in [0.05, 0.1) is 0 Å². The molecule has 0 aliphatic carbocycles. The minimum Gasteiger partial charge on any atom is -0.399 e. The second-order valence-electron chi connectivity index (χ2n) is 5.99. The van der Waals surface area contributed by atoms with Crippen molar-refractivity contribution in [2.24, 2.45) is 0 Å². The second-order valence-corrected chi connectivity index (χ2v) is 7.33. The topological polar surface area (TPSA) is 29.3 Å². The van der Waals surface area contributed by atoms with Gasteiger partial charge in [0.1, 0.15) is 0 Å². The minimum atomic E-state index is 0.662. The van der Waals surface area contributed by atoms with Crippen molar-refractivity contribution < 1.29 is 0 Å². The van der Waals surface area contributed by atoms with E-state index in [9.17, 15) is 0 Å². The van der Waals surface area contributed by atoms with E-state index in [2.05, 4.69) is 41.3 Å². The molecule has 0 bridgehead atoms. The van der Waals surface area contributed by atoms with Crippen LogP contribution >= 0.6 is 11.8 Å². The van der Waals surface area contributed by atoms with E-state index in [4.69, 9.17) is 5.73 Å². The summed E-state index contributed by atoms with van der Waals surface area (Å²) in [7, 11) is 0. The van der Waals surface area contributed by atoms with Crippen LogP contribution in [0, 0.1) is 0 Å². The Morgan fingerprint density at radius 3 is 2.95 bits per heavy atom. The fourth-order valence-electron chi connectivity index (χ4n) is 3.46. The van der Waals surface area contributed by atoms with Crippen LogP contribution in [0.25, 0.3) is 0 Å². The fourth-order valence-corrected chi connectivity index (χ4v) is 4.80. The number of nitrogens with zero attached hydrogens (tertiary/aromatic N) is 1. The molecule has 0 amide bonds. The molecule has 2 aromatic rings. The van der Waals surface area contributed by atoms with Gasteiger partial charge in [-0.2, -0.15) is 0 Å². The van der Waals surface area contributed by atoms with E-state index in [0.717, 1.165) is 18.8 Å². The predicted molar refractivity (Wildman–Crippen MR) is 91.2 cm³/mol. The number of aryl methyl sites for hydroxylation is 1. The van der Waals surface area contributed by atoms with Gasteiger partial charge in [0.2, 0.25) is 0 Å². The Morgan fingerprint density at radius 2 is 2.05 bits per heavy atom. The van der Waals surface area contributed by atoms with Crippen molar-refractivity contribution >= 4 is 23.1 Å². The van der Waals surface area contributed by atoms with Crippen molar-refractivity contribution in [3.63, 3.8) is 0 Å². The Kier molecular flexibility index (Phi) is 3.30. The highest BCUT2D eigenvalue weighted by atomic mass is 32.2. The molecular weight excluding hydrogens is 276 g/mol. The smallest absolute Gasteiger partial charge is 0.0419 e. The highest BCUT2D eigenvalue weighted by Gasteiger charge is 2.26. The molecule has 2 aliphatic heterocycles. The molecule has 0 saturated heterocycles. The first-order chi connectivity index (χ1) is 10.3. The molecule has 2 aliphatic rings. The molecule has 0 saturated carbocycles. The number of anilines is 2. The lowest BCUT2D eigenvalue weighted by Crippen LogP contribution is -2.35. The van der Waals surface area contributed by atoms with Crippen molar-refractivity contribution in [1.82, 2.24) is 0 Å².